The van der Waals surface area contributed by atoms with Crippen molar-refractivity contribution >= 4 is 34.5 Å². The third-order valence-electron chi connectivity index (χ3n) is 7.51. The summed E-state index contributed by atoms with van der Waals surface area (Å²) in [5, 5.41) is 17.9. The lowest BCUT2D eigenvalue weighted by Gasteiger charge is -2.33. The standard InChI is InChI=1S/C30H28F3N7O2S/c1-18-12-20(14-21(13-18)38-28-34-10-7-24(39-28)30(31,32)33)23-16-36-27(43-23)29(42)8-5-19(6-9-29)26(41)35-15-22-17-40-11-3-2-4-25(40)37-22/h2-4,7,10-14,16-17,19,42H,5-6,8-9,15H2,1H3,(H,35,41)(H,34,38,39)/t19-,29-. The Kier molecular flexibility index (Phi) is 7.61. The SMILES string of the molecule is Cc1cc(Nc2nccc(C(F)(F)F)n2)cc(-c2cnc([C@]3(O)CC[C@H](C(=O)NCc4cn5ccccc5n4)CC3)s2)c1. The number of nitrogens with zero attached hydrogens (tertiary/aromatic N) is 5. The van der Waals surface area contributed by atoms with Gasteiger partial charge in [0, 0.05) is 36.4 Å². The molecule has 222 valence electrons. The van der Waals surface area contributed by atoms with Crippen molar-refractivity contribution in [3.05, 3.63) is 89.2 Å². The smallest absolute Gasteiger partial charge is 0.383 e. The van der Waals surface area contributed by atoms with Gasteiger partial charge in [-0.2, -0.15) is 13.2 Å². The summed E-state index contributed by atoms with van der Waals surface area (Å²) >= 11 is 1.36. The van der Waals surface area contributed by atoms with E-state index in [-0.39, 0.29) is 17.8 Å². The lowest BCUT2D eigenvalue weighted by molar-refractivity contribution is -0.141. The van der Waals surface area contributed by atoms with Crippen LogP contribution in [0.3, 0.4) is 0 Å². The van der Waals surface area contributed by atoms with E-state index < -0.39 is 17.5 Å². The quantitative estimate of drug-likeness (QED) is 0.207. The van der Waals surface area contributed by atoms with Crippen molar-refractivity contribution in [1.82, 2.24) is 29.7 Å². The molecule has 0 aliphatic heterocycles. The summed E-state index contributed by atoms with van der Waals surface area (Å²) in [7, 11) is 0. The lowest BCUT2D eigenvalue weighted by Crippen LogP contribution is -2.38. The van der Waals surface area contributed by atoms with Gasteiger partial charge in [0.2, 0.25) is 11.9 Å². The maximum absolute atomic E-state index is 13.1. The highest BCUT2D eigenvalue weighted by molar-refractivity contribution is 7.15. The number of hydrogen-bond donors (Lipinski definition) is 3. The van der Waals surface area contributed by atoms with Crippen LogP contribution >= 0.6 is 11.3 Å². The Morgan fingerprint density at radius 2 is 1.95 bits per heavy atom. The molecule has 13 heteroatoms. The number of benzene rings is 1. The lowest BCUT2D eigenvalue weighted by atomic mass is 9.78. The van der Waals surface area contributed by atoms with Gasteiger partial charge in [0.15, 0.2) is 0 Å². The molecule has 9 nitrogen and oxygen atoms in total. The van der Waals surface area contributed by atoms with E-state index in [1.165, 1.54) is 11.3 Å². The summed E-state index contributed by atoms with van der Waals surface area (Å²) in [4.78, 5) is 30.2. The van der Waals surface area contributed by atoms with Crippen molar-refractivity contribution in [2.24, 2.45) is 5.92 Å². The zero-order valence-corrected chi connectivity index (χ0v) is 23.9. The van der Waals surface area contributed by atoms with Gasteiger partial charge in [0.05, 0.1) is 17.1 Å². The van der Waals surface area contributed by atoms with Gasteiger partial charge in [-0.1, -0.05) is 12.1 Å². The summed E-state index contributed by atoms with van der Waals surface area (Å²) in [6.07, 6.45) is 3.83. The molecular formula is C30H28F3N7O2S. The summed E-state index contributed by atoms with van der Waals surface area (Å²) in [6.45, 7) is 2.21. The molecule has 3 N–H and O–H groups in total. The van der Waals surface area contributed by atoms with Crippen LogP contribution in [-0.2, 0) is 23.1 Å². The second-order valence-electron chi connectivity index (χ2n) is 10.7. The number of aryl methyl sites for hydroxylation is 1. The van der Waals surface area contributed by atoms with Gasteiger partial charge in [-0.25, -0.2) is 19.9 Å². The molecule has 0 radical (unpaired) electrons. The first-order valence-corrected chi connectivity index (χ1v) is 14.6. The zero-order valence-electron chi connectivity index (χ0n) is 23.1. The first-order chi connectivity index (χ1) is 20.6. The van der Waals surface area contributed by atoms with Crippen LogP contribution < -0.4 is 10.6 Å². The fraction of sp³-hybridized carbons (Fsp3) is 0.300. The van der Waals surface area contributed by atoms with E-state index in [1.807, 2.05) is 48.0 Å². The Hall–Kier alpha value is -4.36. The molecule has 1 amide bonds. The van der Waals surface area contributed by atoms with Crippen LogP contribution in [0.15, 0.2) is 67.3 Å². The van der Waals surface area contributed by atoms with Gasteiger partial charge in [-0.05, 0) is 74.1 Å². The first kappa shape index (κ1) is 28.7. The second kappa shape index (κ2) is 11.4. The number of amides is 1. The van der Waals surface area contributed by atoms with E-state index in [4.69, 9.17) is 0 Å². The number of fused-ring (bicyclic) bond motifs is 1. The van der Waals surface area contributed by atoms with Gasteiger partial charge in [-0.15, -0.1) is 11.3 Å². The number of halogens is 3. The molecule has 1 aromatic carbocycles. The number of thiazole rings is 1. The topological polar surface area (TPSA) is 117 Å². The number of imidazole rings is 1. The number of aliphatic hydroxyl groups is 1. The number of carbonyl (C=O) groups excluding carboxylic acids is 1. The number of hydrogen-bond acceptors (Lipinski definition) is 8. The minimum absolute atomic E-state index is 0.0523. The van der Waals surface area contributed by atoms with Gasteiger partial charge < -0.3 is 20.1 Å². The molecule has 0 unspecified atom stereocenters. The molecule has 1 aliphatic carbocycles. The van der Waals surface area contributed by atoms with Crippen LogP contribution in [0.1, 0.15) is 47.6 Å². The Bertz CT molecular complexity index is 1740. The summed E-state index contributed by atoms with van der Waals surface area (Å²) in [5.74, 6) is -0.423. The molecular weight excluding hydrogens is 579 g/mol. The molecule has 5 aromatic rings. The Morgan fingerprint density at radius 1 is 1.14 bits per heavy atom. The van der Waals surface area contributed by atoms with E-state index >= 15 is 0 Å². The van der Waals surface area contributed by atoms with Crippen molar-refractivity contribution in [2.75, 3.05) is 5.32 Å². The molecule has 1 fully saturated rings. The molecule has 43 heavy (non-hydrogen) atoms. The minimum Gasteiger partial charge on any atom is -0.383 e. The average molecular weight is 608 g/mol. The van der Waals surface area contributed by atoms with E-state index in [9.17, 15) is 23.1 Å². The summed E-state index contributed by atoms with van der Waals surface area (Å²) < 4.78 is 41.1. The van der Waals surface area contributed by atoms with Crippen molar-refractivity contribution in [3.63, 3.8) is 0 Å². The Labute approximate surface area is 248 Å². The van der Waals surface area contributed by atoms with E-state index in [1.54, 1.807) is 18.3 Å². The van der Waals surface area contributed by atoms with Gasteiger partial charge >= 0.3 is 6.18 Å². The highest BCUT2D eigenvalue weighted by Gasteiger charge is 2.39. The predicted molar refractivity (Wildman–Crippen MR) is 155 cm³/mol. The van der Waals surface area contributed by atoms with Crippen molar-refractivity contribution in [1.29, 1.82) is 0 Å². The monoisotopic (exact) mass is 607 g/mol. The van der Waals surface area contributed by atoms with Crippen LogP contribution in [0, 0.1) is 12.8 Å². The van der Waals surface area contributed by atoms with Gasteiger partial charge in [0.1, 0.15) is 21.9 Å². The third kappa shape index (κ3) is 6.37. The molecule has 4 heterocycles. The van der Waals surface area contributed by atoms with Gasteiger partial charge in [0.25, 0.3) is 0 Å². The van der Waals surface area contributed by atoms with Crippen molar-refractivity contribution in [3.8, 4) is 10.4 Å². The van der Waals surface area contributed by atoms with Crippen LogP contribution in [0.25, 0.3) is 16.1 Å². The summed E-state index contributed by atoms with van der Waals surface area (Å²) in [5.41, 5.74) is 1.62. The van der Waals surface area contributed by atoms with Crippen LogP contribution in [0.2, 0.25) is 0 Å². The zero-order chi connectivity index (χ0) is 30.2. The number of pyridine rings is 1. The highest BCUT2D eigenvalue weighted by Crippen LogP contribution is 2.43. The number of alkyl halides is 3. The maximum atomic E-state index is 13.1. The molecule has 0 saturated heterocycles. The molecule has 0 atom stereocenters. The number of carbonyl (C=O) groups is 1. The van der Waals surface area contributed by atoms with Crippen LogP contribution in [0.5, 0.6) is 0 Å². The number of aromatic nitrogens is 5. The minimum atomic E-state index is -4.57. The molecule has 4 aromatic heterocycles. The number of nitrogens with one attached hydrogen (secondary N) is 2. The average Bonchev–Trinajstić information content (AvgIpc) is 3.64. The van der Waals surface area contributed by atoms with E-state index in [0.29, 0.717) is 42.9 Å². The molecule has 1 aliphatic rings. The fourth-order valence-corrected chi connectivity index (χ4v) is 6.34. The van der Waals surface area contributed by atoms with Crippen LogP contribution in [-0.4, -0.2) is 35.4 Å². The van der Waals surface area contributed by atoms with Crippen molar-refractivity contribution < 1.29 is 23.1 Å². The number of anilines is 2. The maximum Gasteiger partial charge on any atom is 0.433 e. The summed E-state index contributed by atoms with van der Waals surface area (Å²) in [6, 6.07) is 12.0. The van der Waals surface area contributed by atoms with E-state index in [0.717, 1.165) is 39.6 Å². The molecule has 0 bridgehead atoms. The third-order valence-corrected chi connectivity index (χ3v) is 8.75. The first-order valence-electron chi connectivity index (χ1n) is 13.7. The van der Waals surface area contributed by atoms with Gasteiger partial charge in [-0.3, -0.25) is 4.79 Å². The molecule has 1 saturated carbocycles. The Morgan fingerprint density at radius 3 is 2.72 bits per heavy atom. The predicted octanol–water partition coefficient (Wildman–Crippen LogP) is 6.01. The molecule has 6 rings (SSSR count). The van der Waals surface area contributed by atoms with E-state index in [2.05, 4.69) is 30.6 Å². The normalized spacial score (nSPS) is 19.0. The van der Waals surface area contributed by atoms with Crippen LogP contribution in [0.4, 0.5) is 24.8 Å². The molecule has 0 spiro atoms. The largest absolute Gasteiger partial charge is 0.433 e. The highest BCUT2D eigenvalue weighted by atomic mass is 32.1. The fourth-order valence-electron chi connectivity index (χ4n) is 5.29. The number of rotatable bonds is 7. The Balaban J connectivity index is 1.09. The van der Waals surface area contributed by atoms with Crippen molar-refractivity contribution in [2.45, 2.75) is 50.9 Å². The second-order valence-corrected chi connectivity index (χ2v) is 11.8.